The lowest BCUT2D eigenvalue weighted by atomic mass is 9.76. The number of carboxylic acid groups (broad SMARTS) is 1. The van der Waals surface area contributed by atoms with Crippen LogP contribution in [0.4, 0.5) is 0 Å². The minimum atomic E-state index is -0.829. The second kappa shape index (κ2) is 6.31. The summed E-state index contributed by atoms with van der Waals surface area (Å²) in [5.41, 5.74) is 2.54. The van der Waals surface area contributed by atoms with E-state index in [1.807, 2.05) is 13.0 Å². The Morgan fingerprint density at radius 1 is 1.09 bits per heavy atom. The molecule has 124 valence electrons. The number of rotatable bonds is 4. The second-order valence-corrected chi connectivity index (χ2v) is 8.16. The van der Waals surface area contributed by atoms with Crippen molar-refractivity contribution in [2.75, 3.05) is 0 Å². The molecule has 2 N–H and O–H groups in total. The van der Waals surface area contributed by atoms with E-state index in [0.29, 0.717) is 6.42 Å². The second-order valence-electron chi connectivity index (χ2n) is 8.16. The van der Waals surface area contributed by atoms with E-state index in [9.17, 15) is 9.90 Å². The van der Waals surface area contributed by atoms with Gasteiger partial charge in [0.15, 0.2) is 0 Å². The first-order valence-electron chi connectivity index (χ1n) is 7.97. The van der Waals surface area contributed by atoms with Crippen molar-refractivity contribution in [3.8, 4) is 5.75 Å². The minimum Gasteiger partial charge on any atom is -0.507 e. The van der Waals surface area contributed by atoms with Crippen molar-refractivity contribution >= 4 is 5.97 Å². The molecule has 0 bridgehead atoms. The summed E-state index contributed by atoms with van der Waals surface area (Å²) in [5.74, 6) is -0.737. The van der Waals surface area contributed by atoms with Crippen molar-refractivity contribution in [2.24, 2.45) is 0 Å². The molecule has 0 saturated heterocycles. The van der Waals surface area contributed by atoms with Crippen LogP contribution in [0.1, 0.15) is 83.9 Å². The molecule has 1 rings (SSSR count). The van der Waals surface area contributed by atoms with Crippen LogP contribution in [0.25, 0.3) is 0 Å². The van der Waals surface area contributed by atoms with Gasteiger partial charge in [-0.2, -0.15) is 0 Å². The summed E-state index contributed by atoms with van der Waals surface area (Å²) in [6, 6.07) is 4.05. The van der Waals surface area contributed by atoms with Crippen LogP contribution in [0, 0.1) is 0 Å². The summed E-state index contributed by atoms with van der Waals surface area (Å²) >= 11 is 0. The summed E-state index contributed by atoms with van der Waals surface area (Å²) in [4.78, 5) is 11.1. The molecule has 0 heterocycles. The lowest BCUT2D eigenvalue weighted by Crippen LogP contribution is -2.18. The van der Waals surface area contributed by atoms with Gasteiger partial charge >= 0.3 is 5.97 Å². The first-order valence-corrected chi connectivity index (χ1v) is 7.97. The smallest absolute Gasteiger partial charge is 0.303 e. The molecule has 0 radical (unpaired) electrons. The molecule has 0 amide bonds. The number of aliphatic carboxylic acids is 1. The monoisotopic (exact) mass is 306 g/mol. The van der Waals surface area contributed by atoms with Crippen LogP contribution in [-0.4, -0.2) is 16.2 Å². The number of carboxylic acids is 1. The average Bonchev–Trinajstić information content (AvgIpc) is 2.33. The van der Waals surface area contributed by atoms with Gasteiger partial charge in [0.05, 0.1) is 6.42 Å². The Morgan fingerprint density at radius 3 is 2.00 bits per heavy atom. The Labute approximate surface area is 134 Å². The zero-order chi connectivity index (χ0) is 17.3. The van der Waals surface area contributed by atoms with E-state index in [4.69, 9.17) is 5.11 Å². The summed E-state index contributed by atoms with van der Waals surface area (Å²) < 4.78 is 0. The highest BCUT2D eigenvalue weighted by Gasteiger charge is 2.27. The number of carbonyl (C=O) groups is 1. The molecular weight excluding hydrogens is 276 g/mol. The highest BCUT2D eigenvalue weighted by atomic mass is 16.4. The summed E-state index contributed by atoms with van der Waals surface area (Å²) in [7, 11) is 0. The molecule has 1 unspecified atom stereocenters. The van der Waals surface area contributed by atoms with E-state index in [-0.39, 0.29) is 28.9 Å². The van der Waals surface area contributed by atoms with Crippen LogP contribution in [-0.2, 0) is 15.6 Å². The quantitative estimate of drug-likeness (QED) is 0.827. The van der Waals surface area contributed by atoms with Crippen LogP contribution >= 0.6 is 0 Å². The Hall–Kier alpha value is -1.51. The Morgan fingerprint density at radius 2 is 1.64 bits per heavy atom. The maximum absolute atomic E-state index is 11.1. The summed E-state index contributed by atoms with van der Waals surface area (Å²) in [5, 5.41) is 19.9. The topological polar surface area (TPSA) is 57.5 Å². The molecule has 0 aliphatic carbocycles. The van der Waals surface area contributed by atoms with Gasteiger partial charge in [-0.1, -0.05) is 60.6 Å². The fourth-order valence-corrected chi connectivity index (χ4v) is 2.66. The van der Waals surface area contributed by atoms with E-state index >= 15 is 0 Å². The van der Waals surface area contributed by atoms with Crippen LogP contribution in [0.15, 0.2) is 12.1 Å². The highest BCUT2D eigenvalue weighted by molar-refractivity contribution is 5.68. The largest absolute Gasteiger partial charge is 0.507 e. The van der Waals surface area contributed by atoms with Crippen molar-refractivity contribution in [1.82, 2.24) is 0 Å². The predicted molar refractivity (Wildman–Crippen MR) is 90.8 cm³/mol. The van der Waals surface area contributed by atoms with E-state index in [1.54, 1.807) is 0 Å². The van der Waals surface area contributed by atoms with Gasteiger partial charge in [0.1, 0.15) is 5.75 Å². The Balaban J connectivity index is 3.58. The zero-order valence-corrected chi connectivity index (χ0v) is 14.9. The molecule has 0 aromatic heterocycles. The van der Waals surface area contributed by atoms with Crippen LogP contribution in [0.2, 0.25) is 0 Å². The van der Waals surface area contributed by atoms with E-state index in [2.05, 4.69) is 47.6 Å². The molecule has 0 aliphatic rings. The van der Waals surface area contributed by atoms with Crippen LogP contribution in [0.3, 0.4) is 0 Å². The van der Waals surface area contributed by atoms with E-state index < -0.39 is 5.97 Å². The normalized spacial score (nSPS) is 14.0. The molecule has 3 nitrogen and oxygen atoms in total. The predicted octanol–water partition coefficient (Wildman–Crippen LogP) is 4.96. The van der Waals surface area contributed by atoms with Crippen molar-refractivity contribution in [1.29, 1.82) is 0 Å². The van der Waals surface area contributed by atoms with Crippen LogP contribution < -0.4 is 0 Å². The third-order valence-electron chi connectivity index (χ3n) is 4.17. The van der Waals surface area contributed by atoms with Crippen molar-refractivity contribution in [2.45, 2.75) is 78.1 Å². The van der Waals surface area contributed by atoms with Crippen LogP contribution in [0.5, 0.6) is 5.75 Å². The molecule has 1 atom stereocenters. The van der Waals surface area contributed by atoms with Gasteiger partial charge in [0.25, 0.3) is 0 Å². The number of benzene rings is 1. The standard InChI is InChI=1S/C19H30O3/c1-8-12(9-16(20)21)14-10-13(18(2,3)4)11-15(17(14)22)19(5,6)7/h10-12,22H,8-9H2,1-7H3,(H,20,21). The SMILES string of the molecule is CCC(CC(=O)O)c1cc(C(C)(C)C)cc(C(C)(C)C)c1O. The summed E-state index contributed by atoms with van der Waals surface area (Å²) in [6.07, 6.45) is 0.734. The van der Waals surface area contributed by atoms with Crippen molar-refractivity contribution in [3.05, 3.63) is 28.8 Å². The average molecular weight is 306 g/mol. The molecule has 1 aromatic carbocycles. The van der Waals surface area contributed by atoms with Gasteiger partial charge in [-0.3, -0.25) is 4.79 Å². The lowest BCUT2D eigenvalue weighted by Gasteiger charge is -2.29. The van der Waals surface area contributed by atoms with Crippen molar-refractivity contribution < 1.29 is 15.0 Å². The third-order valence-corrected chi connectivity index (χ3v) is 4.17. The molecule has 1 aromatic rings. The summed E-state index contributed by atoms with van der Waals surface area (Å²) in [6.45, 7) is 14.6. The van der Waals surface area contributed by atoms with Gasteiger partial charge < -0.3 is 10.2 Å². The first-order chi connectivity index (χ1) is 9.87. The van der Waals surface area contributed by atoms with Gasteiger partial charge in [0.2, 0.25) is 0 Å². The van der Waals surface area contributed by atoms with E-state index in [0.717, 1.165) is 16.7 Å². The zero-order valence-electron chi connectivity index (χ0n) is 14.9. The van der Waals surface area contributed by atoms with Crippen molar-refractivity contribution in [3.63, 3.8) is 0 Å². The molecule has 22 heavy (non-hydrogen) atoms. The number of phenolic OH excluding ortho intramolecular Hbond substituents is 1. The van der Waals surface area contributed by atoms with Gasteiger partial charge in [-0.15, -0.1) is 0 Å². The fourth-order valence-electron chi connectivity index (χ4n) is 2.66. The number of phenols is 1. The number of hydrogen-bond acceptors (Lipinski definition) is 2. The Bertz CT molecular complexity index is 545. The number of aromatic hydroxyl groups is 1. The molecule has 0 fully saturated rings. The highest BCUT2D eigenvalue weighted by Crippen LogP contribution is 2.41. The Kier molecular flexibility index (Phi) is 5.32. The third kappa shape index (κ3) is 4.25. The van der Waals surface area contributed by atoms with Gasteiger partial charge in [-0.25, -0.2) is 0 Å². The minimum absolute atomic E-state index is 0.0429. The van der Waals surface area contributed by atoms with Gasteiger partial charge in [0, 0.05) is 0 Å². The molecule has 3 heteroatoms. The lowest BCUT2D eigenvalue weighted by molar-refractivity contribution is -0.137. The maximum Gasteiger partial charge on any atom is 0.303 e. The fraction of sp³-hybridized carbons (Fsp3) is 0.632. The van der Waals surface area contributed by atoms with E-state index in [1.165, 1.54) is 0 Å². The maximum atomic E-state index is 11.1. The number of hydrogen-bond donors (Lipinski definition) is 2. The molecular formula is C19H30O3. The molecule has 0 spiro atoms. The molecule has 0 saturated carbocycles. The first kappa shape index (κ1) is 18.5. The van der Waals surface area contributed by atoms with Gasteiger partial charge in [-0.05, 0) is 39.9 Å². The molecule has 0 aliphatic heterocycles.